The third-order valence-corrected chi connectivity index (χ3v) is 6.51. The number of nitrogens with one attached hydrogen (secondary N) is 1. The molecule has 0 saturated heterocycles. The summed E-state index contributed by atoms with van der Waals surface area (Å²) in [6, 6.07) is 1.04. The van der Waals surface area contributed by atoms with Gasteiger partial charge in [-0.05, 0) is 48.6 Å². The van der Waals surface area contributed by atoms with E-state index >= 15 is 0 Å². The number of aromatic nitrogens is 4. The Morgan fingerprint density at radius 1 is 1.19 bits per heavy atom. The van der Waals surface area contributed by atoms with E-state index in [0.717, 1.165) is 5.16 Å². The molecule has 1 N–H and O–H groups in total. The fourth-order valence-electron chi connectivity index (χ4n) is 4.06. The summed E-state index contributed by atoms with van der Waals surface area (Å²) in [5.74, 6) is 0. The van der Waals surface area contributed by atoms with Crippen LogP contribution in [-0.4, -0.2) is 38.5 Å². The van der Waals surface area contributed by atoms with Gasteiger partial charge in [-0.3, -0.25) is 0 Å². The van der Waals surface area contributed by atoms with Crippen LogP contribution in [0.15, 0.2) is 5.16 Å². The van der Waals surface area contributed by atoms with Crippen LogP contribution in [0, 0.1) is 5.41 Å². The third kappa shape index (κ3) is 3.11. The summed E-state index contributed by atoms with van der Waals surface area (Å²) in [7, 11) is 2.09. The van der Waals surface area contributed by atoms with Crippen molar-refractivity contribution in [3.63, 3.8) is 0 Å². The van der Waals surface area contributed by atoms with Crippen LogP contribution in [0.4, 0.5) is 0 Å². The van der Waals surface area contributed by atoms with Gasteiger partial charge in [0.05, 0.1) is 6.04 Å². The molecule has 1 heterocycles. The topological polar surface area (TPSA) is 55.6 Å². The number of tetrazole rings is 1. The first-order chi connectivity index (χ1) is 10.1. The molecule has 0 aromatic carbocycles. The second-order valence-electron chi connectivity index (χ2n) is 7.15. The smallest absolute Gasteiger partial charge is 0.209 e. The lowest BCUT2D eigenvalue weighted by Gasteiger charge is -2.43. The molecule has 2 aliphatic rings. The molecule has 0 aliphatic heterocycles. The van der Waals surface area contributed by atoms with E-state index in [1.54, 1.807) is 0 Å². The Bertz CT molecular complexity index is 466. The van der Waals surface area contributed by atoms with Gasteiger partial charge in [-0.25, -0.2) is 4.68 Å². The number of thioether (sulfide) groups is 1. The predicted molar refractivity (Wildman–Crippen MR) is 85.4 cm³/mol. The molecule has 118 valence electrons. The fraction of sp³-hybridized carbons (Fsp3) is 0.933. The highest BCUT2D eigenvalue weighted by Gasteiger charge is 2.39. The van der Waals surface area contributed by atoms with Crippen molar-refractivity contribution in [3.05, 3.63) is 0 Å². The molecule has 0 bridgehead atoms. The van der Waals surface area contributed by atoms with Crippen LogP contribution in [0.5, 0.6) is 0 Å². The summed E-state index contributed by atoms with van der Waals surface area (Å²) in [5, 5.41) is 17.6. The molecule has 2 unspecified atom stereocenters. The minimum absolute atomic E-state index is 0.344. The van der Waals surface area contributed by atoms with Gasteiger partial charge in [0.2, 0.25) is 5.16 Å². The molecule has 2 atom stereocenters. The van der Waals surface area contributed by atoms with Gasteiger partial charge < -0.3 is 5.32 Å². The summed E-state index contributed by atoms with van der Waals surface area (Å²) >= 11 is 1.88. The average molecular weight is 309 g/mol. The van der Waals surface area contributed by atoms with Crippen LogP contribution >= 0.6 is 11.8 Å². The lowest BCUT2D eigenvalue weighted by Crippen LogP contribution is -2.50. The van der Waals surface area contributed by atoms with E-state index in [-0.39, 0.29) is 0 Å². The number of rotatable bonds is 4. The highest BCUT2D eigenvalue weighted by Crippen LogP contribution is 2.43. The summed E-state index contributed by atoms with van der Waals surface area (Å²) in [5.41, 5.74) is 0.344. The van der Waals surface area contributed by atoms with Crippen molar-refractivity contribution < 1.29 is 0 Å². The zero-order valence-electron chi connectivity index (χ0n) is 13.4. The molecule has 5 nitrogen and oxygen atoms in total. The molecule has 0 spiro atoms. The molecule has 3 rings (SSSR count). The van der Waals surface area contributed by atoms with E-state index in [2.05, 4.69) is 46.4 Å². The Morgan fingerprint density at radius 2 is 1.95 bits per heavy atom. The first kappa shape index (κ1) is 15.3. The summed E-state index contributed by atoms with van der Waals surface area (Å²) in [4.78, 5) is 0. The van der Waals surface area contributed by atoms with Gasteiger partial charge in [-0.15, -0.1) is 5.10 Å². The highest BCUT2D eigenvalue weighted by atomic mass is 32.2. The van der Waals surface area contributed by atoms with Gasteiger partial charge >= 0.3 is 0 Å². The van der Waals surface area contributed by atoms with Gasteiger partial charge in [0.15, 0.2) is 0 Å². The standard InChI is InChI=1S/C15H27N5S/c1-15(2)10-6-9-12(13(15)16-3)21-14-17-18-19-20(14)11-7-4-5-8-11/h11-13,16H,4-10H2,1-3H3. The molecule has 21 heavy (non-hydrogen) atoms. The maximum atomic E-state index is 4.31. The summed E-state index contributed by atoms with van der Waals surface area (Å²) < 4.78 is 2.09. The first-order valence-electron chi connectivity index (χ1n) is 8.23. The summed E-state index contributed by atoms with van der Waals surface area (Å²) in [6.07, 6.45) is 8.91. The van der Waals surface area contributed by atoms with Crippen LogP contribution in [0.1, 0.15) is 64.8 Å². The third-order valence-electron chi connectivity index (χ3n) is 5.22. The van der Waals surface area contributed by atoms with Crippen molar-refractivity contribution in [2.24, 2.45) is 5.41 Å². The van der Waals surface area contributed by atoms with Crippen LogP contribution < -0.4 is 5.32 Å². The van der Waals surface area contributed by atoms with E-state index in [4.69, 9.17) is 0 Å². The van der Waals surface area contributed by atoms with Crippen molar-refractivity contribution in [3.8, 4) is 0 Å². The SMILES string of the molecule is CNC1C(Sc2nnnn2C2CCCC2)CCCC1(C)C. The molecule has 1 aromatic rings. The Morgan fingerprint density at radius 3 is 2.67 bits per heavy atom. The Kier molecular flexibility index (Phi) is 4.54. The van der Waals surface area contributed by atoms with Crippen LogP contribution in [0.3, 0.4) is 0 Å². The van der Waals surface area contributed by atoms with Gasteiger partial charge in [0, 0.05) is 11.3 Å². The number of hydrogen-bond donors (Lipinski definition) is 1. The average Bonchev–Trinajstić information content (AvgIpc) is 3.08. The Balaban J connectivity index is 1.75. The lowest BCUT2D eigenvalue weighted by atomic mass is 9.73. The largest absolute Gasteiger partial charge is 0.315 e. The maximum Gasteiger partial charge on any atom is 0.209 e. The molecular formula is C15H27N5S. The van der Waals surface area contributed by atoms with Crippen molar-refractivity contribution in [2.75, 3.05) is 7.05 Å². The van der Waals surface area contributed by atoms with E-state index in [9.17, 15) is 0 Å². The van der Waals surface area contributed by atoms with Crippen LogP contribution in [0.25, 0.3) is 0 Å². The van der Waals surface area contributed by atoms with Gasteiger partial charge in [0.25, 0.3) is 0 Å². The second kappa shape index (κ2) is 6.24. The molecule has 2 aliphatic carbocycles. The number of nitrogens with zero attached hydrogens (tertiary/aromatic N) is 4. The normalized spacial score (nSPS) is 29.9. The molecular weight excluding hydrogens is 282 g/mol. The second-order valence-corrected chi connectivity index (χ2v) is 8.35. The molecule has 2 fully saturated rings. The lowest BCUT2D eigenvalue weighted by molar-refractivity contribution is 0.182. The first-order valence-corrected chi connectivity index (χ1v) is 9.11. The predicted octanol–water partition coefficient (Wildman–Crippen LogP) is 3.05. The molecule has 1 aromatic heterocycles. The zero-order chi connectivity index (χ0) is 14.9. The van der Waals surface area contributed by atoms with Gasteiger partial charge in [-0.2, -0.15) is 0 Å². The van der Waals surface area contributed by atoms with E-state index in [1.165, 1.54) is 44.9 Å². The van der Waals surface area contributed by atoms with E-state index in [0.29, 0.717) is 22.7 Å². The monoisotopic (exact) mass is 309 g/mol. The highest BCUT2D eigenvalue weighted by molar-refractivity contribution is 7.99. The maximum absolute atomic E-state index is 4.31. The van der Waals surface area contributed by atoms with E-state index in [1.807, 2.05) is 11.8 Å². The minimum atomic E-state index is 0.344. The van der Waals surface area contributed by atoms with Crippen molar-refractivity contribution in [1.29, 1.82) is 0 Å². The number of hydrogen-bond acceptors (Lipinski definition) is 5. The Labute approximate surface area is 131 Å². The van der Waals surface area contributed by atoms with Gasteiger partial charge in [0.1, 0.15) is 0 Å². The summed E-state index contributed by atoms with van der Waals surface area (Å²) in [6.45, 7) is 4.75. The molecule has 2 saturated carbocycles. The van der Waals surface area contributed by atoms with Crippen molar-refractivity contribution in [1.82, 2.24) is 25.5 Å². The molecule has 6 heteroatoms. The quantitative estimate of drug-likeness (QED) is 0.926. The molecule has 0 radical (unpaired) electrons. The minimum Gasteiger partial charge on any atom is -0.315 e. The van der Waals surface area contributed by atoms with Crippen LogP contribution in [0.2, 0.25) is 0 Å². The fourth-order valence-corrected chi connectivity index (χ4v) is 5.64. The van der Waals surface area contributed by atoms with Crippen molar-refractivity contribution >= 4 is 11.8 Å². The van der Waals surface area contributed by atoms with Gasteiger partial charge in [-0.1, -0.05) is 44.9 Å². The molecule has 0 amide bonds. The Hall–Kier alpha value is -0.620. The van der Waals surface area contributed by atoms with Crippen molar-refractivity contribution in [2.45, 2.75) is 81.3 Å². The van der Waals surface area contributed by atoms with Crippen LogP contribution in [-0.2, 0) is 0 Å². The van der Waals surface area contributed by atoms with E-state index < -0.39 is 0 Å². The zero-order valence-corrected chi connectivity index (χ0v) is 14.2.